The summed E-state index contributed by atoms with van der Waals surface area (Å²) in [5, 5.41) is 13.2. The van der Waals surface area contributed by atoms with Crippen LogP contribution in [0.4, 0.5) is 4.39 Å². The van der Waals surface area contributed by atoms with E-state index >= 15 is 0 Å². The van der Waals surface area contributed by atoms with Crippen molar-refractivity contribution in [2.75, 3.05) is 0 Å². The van der Waals surface area contributed by atoms with Crippen molar-refractivity contribution in [3.8, 4) is 11.4 Å². The van der Waals surface area contributed by atoms with Gasteiger partial charge in [0.15, 0.2) is 0 Å². The molecule has 3 atom stereocenters. The van der Waals surface area contributed by atoms with E-state index in [0.29, 0.717) is 19.4 Å². The van der Waals surface area contributed by atoms with Gasteiger partial charge in [-0.2, -0.15) is 0 Å². The van der Waals surface area contributed by atoms with Crippen LogP contribution in [0.5, 0.6) is 0 Å². The minimum atomic E-state index is -0.623. The predicted octanol–water partition coefficient (Wildman–Crippen LogP) is 2.59. The molecule has 1 amide bonds. The molecule has 1 aliphatic carbocycles. The molecular formula is C20H21FN4O2. The monoisotopic (exact) mass is 368 g/mol. The number of rotatable bonds is 5. The average molecular weight is 368 g/mol. The van der Waals surface area contributed by atoms with Crippen LogP contribution in [0.25, 0.3) is 11.4 Å². The summed E-state index contributed by atoms with van der Waals surface area (Å²) in [6.07, 6.45) is 5.46. The van der Waals surface area contributed by atoms with Crippen molar-refractivity contribution < 1.29 is 14.3 Å². The minimum Gasteiger partial charge on any atom is -0.391 e. The van der Waals surface area contributed by atoms with Crippen LogP contribution < -0.4 is 5.32 Å². The Morgan fingerprint density at radius 1 is 1.33 bits per heavy atom. The average Bonchev–Trinajstić information content (AvgIpc) is 3.37. The zero-order valence-corrected chi connectivity index (χ0v) is 14.7. The molecule has 0 aliphatic heterocycles. The maximum absolute atomic E-state index is 13.1. The number of H-pyrrole nitrogens is 1. The largest absolute Gasteiger partial charge is 0.391 e. The maximum Gasteiger partial charge on any atom is 0.268 e. The number of aliphatic hydroxyl groups is 1. The van der Waals surface area contributed by atoms with Gasteiger partial charge in [-0.15, -0.1) is 0 Å². The molecule has 7 heteroatoms. The Morgan fingerprint density at radius 3 is 2.89 bits per heavy atom. The van der Waals surface area contributed by atoms with Gasteiger partial charge in [-0.25, -0.2) is 9.37 Å². The maximum atomic E-state index is 13.1. The first-order chi connectivity index (χ1) is 13.1. The van der Waals surface area contributed by atoms with Gasteiger partial charge in [0, 0.05) is 36.8 Å². The molecule has 1 fully saturated rings. The number of amides is 1. The second-order valence-electron chi connectivity index (χ2n) is 6.99. The SMILES string of the molecule is O=C(N[C@@H]1CC(Cn2ccnc2-c2ccccc2)C[C@H]1O)c1cc(F)c[nH]1. The lowest BCUT2D eigenvalue weighted by Crippen LogP contribution is -2.40. The third-order valence-corrected chi connectivity index (χ3v) is 5.04. The summed E-state index contributed by atoms with van der Waals surface area (Å²) in [4.78, 5) is 19.2. The Kier molecular flexibility index (Phi) is 4.77. The lowest BCUT2D eigenvalue weighted by atomic mass is 10.1. The number of carbonyl (C=O) groups is 1. The Bertz CT molecular complexity index is 921. The van der Waals surface area contributed by atoms with Crippen LogP contribution in [0.2, 0.25) is 0 Å². The van der Waals surface area contributed by atoms with Crippen LogP contribution in [0.15, 0.2) is 55.0 Å². The van der Waals surface area contributed by atoms with E-state index in [0.717, 1.165) is 23.7 Å². The number of halogens is 1. The van der Waals surface area contributed by atoms with Gasteiger partial charge in [-0.05, 0) is 18.8 Å². The van der Waals surface area contributed by atoms with E-state index in [1.165, 1.54) is 0 Å². The number of benzene rings is 1. The molecule has 1 unspecified atom stereocenters. The van der Waals surface area contributed by atoms with Crippen molar-refractivity contribution in [3.05, 3.63) is 66.5 Å². The smallest absolute Gasteiger partial charge is 0.268 e. The number of aliphatic hydroxyl groups excluding tert-OH is 1. The number of imidazole rings is 1. The molecule has 2 aromatic heterocycles. The van der Waals surface area contributed by atoms with Gasteiger partial charge in [-0.1, -0.05) is 30.3 Å². The molecule has 1 aliphatic rings. The second-order valence-corrected chi connectivity index (χ2v) is 6.99. The summed E-state index contributed by atoms with van der Waals surface area (Å²) in [6.45, 7) is 0.713. The van der Waals surface area contributed by atoms with Gasteiger partial charge in [-0.3, -0.25) is 4.79 Å². The Hall–Kier alpha value is -2.93. The molecular weight excluding hydrogens is 347 g/mol. The first-order valence-corrected chi connectivity index (χ1v) is 8.99. The molecule has 0 radical (unpaired) electrons. The van der Waals surface area contributed by atoms with E-state index in [-0.39, 0.29) is 17.7 Å². The van der Waals surface area contributed by atoms with E-state index in [1.54, 1.807) is 6.20 Å². The van der Waals surface area contributed by atoms with E-state index in [2.05, 4.69) is 19.9 Å². The predicted molar refractivity (Wildman–Crippen MR) is 98.4 cm³/mol. The van der Waals surface area contributed by atoms with Crippen LogP contribution >= 0.6 is 0 Å². The molecule has 1 aromatic carbocycles. The van der Waals surface area contributed by atoms with E-state index in [4.69, 9.17) is 0 Å². The molecule has 6 nitrogen and oxygen atoms in total. The van der Waals surface area contributed by atoms with Crippen molar-refractivity contribution >= 4 is 5.91 Å². The second kappa shape index (κ2) is 7.36. The molecule has 0 bridgehead atoms. The summed E-state index contributed by atoms with van der Waals surface area (Å²) in [7, 11) is 0. The molecule has 0 saturated heterocycles. The summed E-state index contributed by atoms with van der Waals surface area (Å²) in [5.41, 5.74) is 1.20. The number of aromatic amines is 1. The van der Waals surface area contributed by atoms with E-state index < -0.39 is 17.8 Å². The number of hydrogen-bond donors (Lipinski definition) is 3. The first-order valence-electron chi connectivity index (χ1n) is 8.99. The van der Waals surface area contributed by atoms with Crippen molar-refractivity contribution in [1.82, 2.24) is 19.9 Å². The van der Waals surface area contributed by atoms with Crippen molar-refractivity contribution in [2.24, 2.45) is 5.92 Å². The van der Waals surface area contributed by atoms with Crippen molar-refractivity contribution in [2.45, 2.75) is 31.5 Å². The van der Waals surface area contributed by atoms with Gasteiger partial charge in [0.05, 0.1) is 12.1 Å². The normalized spacial score (nSPS) is 22.1. The zero-order valence-electron chi connectivity index (χ0n) is 14.7. The van der Waals surface area contributed by atoms with Crippen LogP contribution in [0.3, 0.4) is 0 Å². The van der Waals surface area contributed by atoms with Crippen molar-refractivity contribution in [3.63, 3.8) is 0 Å². The molecule has 4 rings (SSSR count). The highest BCUT2D eigenvalue weighted by atomic mass is 19.1. The van der Waals surface area contributed by atoms with Gasteiger partial charge in [0.1, 0.15) is 17.3 Å². The summed E-state index contributed by atoms with van der Waals surface area (Å²) in [6, 6.07) is 10.7. The lowest BCUT2D eigenvalue weighted by molar-refractivity contribution is 0.0868. The number of nitrogens with zero attached hydrogens (tertiary/aromatic N) is 2. The third kappa shape index (κ3) is 3.78. The minimum absolute atomic E-state index is 0.157. The summed E-state index contributed by atoms with van der Waals surface area (Å²) < 4.78 is 15.1. The van der Waals surface area contributed by atoms with Crippen LogP contribution in [0.1, 0.15) is 23.3 Å². The van der Waals surface area contributed by atoms with Gasteiger partial charge in [0.25, 0.3) is 5.91 Å². The number of nitrogens with one attached hydrogen (secondary N) is 2. The Labute approximate surface area is 156 Å². The molecule has 0 spiro atoms. The Morgan fingerprint density at radius 2 is 2.15 bits per heavy atom. The highest BCUT2D eigenvalue weighted by Gasteiger charge is 2.34. The molecule has 3 N–H and O–H groups in total. The van der Waals surface area contributed by atoms with Crippen LogP contribution in [-0.2, 0) is 6.54 Å². The molecule has 140 valence electrons. The van der Waals surface area contributed by atoms with Gasteiger partial charge >= 0.3 is 0 Å². The quantitative estimate of drug-likeness (QED) is 0.647. The molecule has 1 saturated carbocycles. The first kappa shape index (κ1) is 17.5. The van der Waals surface area contributed by atoms with Crippen LogP contribution in [0, 0.1) is 11.7 Å². The third-order valence-electron chi connectivity index (χ3n) is 5.04. The molecule has 2 heterocycles. The molecule has 3 aromatic rings. The Balaban J connectivity index is 1.41. The topological polar surface area (TPSA) is 82.9 Å². The number of aromatic nitrogens is 3. The number of carbonyl (C=O) groups excluding carboxylic acids is 1. The highest BCUT2D eigenvalue weighted by molar-refractivity contribution is 5.92. The van der Waals surface area contributed by atoms with E-state index in [9.17, 15) is 14.3 Å². The standard InChI is InChI=1S/C20H21FN4O2/c21-15-10-17(23-11-15)20(27)24-16-8-13(9-18(16)26)12-25-7-6-22-19(25)14-4-2-1-3-5-14/h1-7,10-11,13,16,18,23,26H,8-9,12H2,(H,24,27)/t13?,16-,18-/m1/s1. The fraction of sp³-hybridized carbons (Fsp3) is 0.300. The summed E-state index contributed by atoms with van der Waals surface area (Å²) in [5.74, 6) is 0.205. The van der Waals surface area contributed by atoms with Gasteiger partial charge < -0.3 is 20.0 Å². The molecule has 27 heavy (non-hydrogen) atoms. The fourth-order valence-electron chi connectivity index (χ4n) is 3.75. The van der Waals surface area contributed by atoms with Crippen molar-refractivity contribution in [1.29, 1.82) is 0 Å². The number of hydrogen-bond acceptors (Lipinski definition) is 3. The van der Waals surface area contributed by atoms with Crippen LogP contribution in [-0.4, -0.2) is 37.7 Å². The highest BCUT2D eigenvalue weighted by Crippen LogP contribution is 2.29. The van der Waals surface area contributed by atoms with E-state index in [1.807, 2.05) is 36.5 Å². The fourth-order valence-corrected chi connectivity index (χ4v) is 3.75. The van der Waals surface area contributed by atoms with Gasteiger partial charge in [0.2, 0.25) is 0 Å². The summed E-state index contributed by atoms with van der Waals surface area (Å²) >= 11 is 0. The lowest BCUT2D eigenvalue weighted by Gasteiger charge is -2.16. The zero-order chi connectivity index (χ0) is 18.8.